The molecule has 5 rings (SSSR count). The van der Waals surface area contributed by atoms with E-state index in [-0.39, 0.29) is 0 Å². The molecular weight excluding hydrogens is 446 g/mol. The predicted octanol–water partition coefficient (Wildman–Crippen LogP) is 4.03. The second-order valence-electron chi connectivity index (χ2n) is 9.28. The molecule has 2 saturated heterocycles. The normalized spacial score (nSPS) is 18.5. The number of aryl methyl sites for hydroxylation is 1. The average Bonchev–Trinajstić information content (AvgIpc) is 3.47. The molecule has 2 aromatic heterocycles. The Hall–Kier alpha value is -2.13. The van der Waals surface area contributed by atoms with E-state index in [2.05, 4.69) is 55.9 Å². The van der Waals surface area contributed by atoms with E-state index in [1.54, 1.807) is 0 Å². The Morgan fingerprint density at radius 2 is 1.71 bits per heavy atom. The van der Waals surface area contributed by atoms with Gasteiger partial charge in [0, 0.05) is 31.3 Å². The Kier molecular flexibility index (Phi) is 8.01. The molecule has 182 valence electrons. The van der Waals surface area contributed by atoms with Gasteiger partial charge >= 0.3 is 0 Å². The van der Waals surface area contributed by atoms with E-state index >= 15 is 0 Å². The Morgan fingerprint density at radius 3 is 2.44 bits per heavy atom. The summed E-state index contributed by atoms with van der Waals surface area (Å²) in [4.78, 5) is 4.97. The van der Waals surface area contributed by atoms with Crippen LogP contribution in [0.25, 0.3) is 0 Å². The number of morpholine rings is 1. The molecule has 2 fully saturated rings. The lowest BCUT2D eigenvalue weighted by atomic mass is 9.95. The van der Waals surface area contributed by atoms with Gasteiger partial charge in [0.25, 0.3) is 0 Å². The number of nitrogens with zero attached hydrogens (tertiary/aromatic N) is 5. The molecule has 34 heavy (non-hydrogen) atoms. The van der Waals surface area contributed by atoms with Crippen LogP contribution in [0.15, 0.2) is 52.0 Å². The molecule has 2 aliphatic rings. The fourth-order valence-corrected chi connectivity index (χ4v) is 5.80. The van der Waals surface area contributed by atoms with Crippen molar-refractivity contribution in [1.82, 2.24) is 24.6 Å². The van der Waals surface area contributed by atoms with Gasteiger partial charge < -0.3 is 13.7 Å². The summed E-state index contributed by atoms with van der Waals surface area (Å²) in [6.45, 7) is 10.6. The van der Waals surface area contributed by atoms with Crippen molar-refractivity contribution >= 4 is 11.8 Å². The van der Waals surface area contributed by atoms with Crippen molar-refractivity contribution in [1.29, 1.82) is 0 Å². The van der Waals surface area contributed by atoms with E-state index in [9.17, 15) is 0 Å². The quantitative estimate of drug-likeness (QED) is 0.428. The molecule has 0 spiro atoms. The van der Waals surface area contributed by atoms with Crippen LogP contribution in [-0.4, -0.2) is 76.3 Å². The van der Waals surface area contributed by atoms with Crippen molar-refractivity contribution < 1.29 is 9.15 Å². The third kappa shape index (κ3) is 6.10. The number of furan rings is 1. The zero-order chi connectivity index (χ0) is 23.2. The molecule has 0 N–H and O–H groups in total. The van der Waals surface area contributed by atoms with Crippen molar-refractivity contribution in [3.8, 4) is 0 Å². The van der Waals surface area contributed by atoms with Crippen LogP contribution in [0.2, 0.25) is 0 Å². The highest BCUT2D eigenvalue weighted by Crippen LogP contribution is 2.31. The van der Waals surface area contributed by atoms with Gasteiger partial charge in [0.1, 0.15) is 17.3 Å². The lowest BCUT2D eigenvalue weighted by Gasteiger charge is -2.31. The molecule has 0 atom stereocenters. The van der Waals surface area contributed by atoms with Gasteiger partial charge in [-0.05, 0) is 50.6 Å². The molecule has 8 heteroatoms. The Balaban J connectivity index is 1.24. The average molecular weight is 482 g/mol. The summed E-state index contributed by atoms with van der Waals surface area (Å²) in [7, 11) is 0. The van der Waals surface area contributed by atoms with Gasteiger partial charge in [-0.15, -0.1) is 10.2 Å². The maximum absolute atomic E-state index is 5.79. The molecule has 2 aliphatic heterocycles. The third-order valence-electron chi connectivity index (χ3n) is 6.80. The largest absolute Gasteiger partial charge is 0.465 e. The minimum Gasteiger partial charge on any atom is -0.465 e. The second-order valence-corrected chi connectivity index (χ2v) is 10.3. The van der Waals surface area contributed by atoms with Gasteiger partial charge in [-0.25, -0.2) is 0 Å². The van der Waals surface area contributed by atoms with Gasteiger partial charge in [0.05, 0.1) is 26.3 Å². The monoisotopic (exact) mass is 481 g/mol. The van der Waals surface area contributed by atoms with Crippen LogP contribution in [0.3, 0.4) is 0 Å². The van der Waals surface area contributed by atoms with Crippen LogP contribution in [0.4, 0.5) is 0 Å². The summed E-state index contributed by atoms with van der Waals surface area (Å²) in [6.07, 6.45) is 2.20. The van der Waals surface area contributed by atoms with Crippen molar-refractivity contribution in [3.63, 3.8) is 0 Å². The fraction of sp³-hybridized carbons (Fsp3) is 0.538. The van der Waals surface area contributed by atoms with Gasteiger partial charge in [0.2, 0.25) is 0 Å². The summed E-state index contributed by atoms with van der Waals surface area (Å²) < 4.78 is 13.6. The fourth-order valence-electron chi connectivity index (χ4n) is 4.85. The maximum Gasteiger partial charge on any atom is 0.191 e. The zero-order valence-corrected chi connectivity index (χ0v) is 20.9. The van der Waals surface area contributed by atoms with E-state index in [0.29, 0.717) is 5.92 Å². The topological polar surface area (TPSA) is 59.6 Å². The molecular formula is C26H35N5O2S. The predicted molar refractivity (Wildman–Crippen MR) is 134 cm³/mol. The number of rotatable bonds is 9. The minimum atomic E-state index is 0.444. The van der Waals surface area contributed by atoms with Gasteiger partial charge in [0.15, 0.2) is 5.16 Å². The Bertz CT molecular complexity index is 1020. The first kappa shape index (κ1) is 23.6. The molecule has 0 saturated carbocycles. The van der Waals surface area contributed by atoms with E-state index in [1.807, 2.05) is 24.8 Å². The molecule has 3 aromatic rings. The lowest BCUT2D eigenvalue weighted by molar-refractivity contribution is 0.0410. The maximum atomic E-state index is 5.79. The second kappa shape index (κ2) is 11.5. The first-order valence-corrected chi connectivity index (χ1v) is 13.4. The van der Waals surface area contributed by atoms with Crippen LogP contribution < -0.4 is 0 Å². The van der Waals surface area contributed by atoms with Crippen LogP contribution >= 0.6 is 11.8 Å². The lowest BCUT2D eigenvalue weighted by Crippen LogP contribution is -2.37. The molecule has 7 nitrogen and oxygen atoms in total. The molecule has 0 unspecified atom stereocenters. The number of aromatic nitrogens is 3. The van der Waals surface area contributed by atoms with Crippen LogP contribution in [0.1, 0.15) is 41.7 Å². The van der Waals surface area contributed by atoms with Crippen LogP contribution in [0, 0.1) is 6.92 Å². The van der Waals surface area contributed by atoms with Crippen molar-refractivity contribution in [2.24, 2.45) is 0 Å². The number of ether oxygens (including phenoxy) is 1. The Morgan fingerprint density at radius 1 is 0.912 bits per heavy atom. The van der Waals surface area contributed by atoms with Crippen molar-refractivity contribution in [3.05, 3.63) is 65.4 Å². The zero-order valence-electron chi connectivity index (χ0n) is 20.1. The van der Waals surface area contributed by atoms with E-state index < -0.39 is 0 Å². The number of hydrogen-bond acceptors (Lipinski definition) is 7. The highest BCUT2D eigenvalue weighted by Gasteiger charge is 2.27. The summed E-state index contributed by atoms with van der Waals surface area (Å²) in [5.41, 5.74) is 1.30. The van der Waals surface area contributed by atoms with Crippen LogP contribution in [-0.2, 0) is 17.8 Å². The Labute approximate surface area is 206 Å². The molecule has 0 amide bonds. The summed E-state index contributed by atoms with van der Waals surface area (Å²) in [5.74, 6) is 4.65. The molecule has 1 aromatic carbocycles. The number of thioether (sulfide) groups is 1. The summed E-state index contributed by atoms with van der Waals surface area (Å²) >= 11 is 1.83. The molecule has 4 heterocycles. The third-order valence-corrected chi connectivity index (χ3v) is 7.75. The minimum absolute atomic E-state index is 0.444. The van der Waals surface area contributed by atoms with E-state index in [4.69, 9.17) is 14.3 Å². The summed E-state index contributed by atoms with van der Waals surface area (Å²) in [5, 5.41) is 10.4. The highest BCUT2D eigenvalue weighted by atomic mass is 32.2. The van der Waals surface area contributed by atoms with Crippen molar-refractivity contribution in [2.75, 3.05) is 51.7 Å². The first-order valence-electron chi connectivity index (χ1n) is 12.4. The van der Waals surface area contributed by atoms with E-state index in [1.165, 1.54) is 5.56 Å². The highest BCUT2D eigenvalue weighted by molar-refractivity contribution is 7.99. The molecule has 0 radical (unpaired) electrons. The molecule has 0 aliphatic carbocycles. The van der Waals surface area contributed by atoms with Crippen molar-refractivity contribution in [2.45, 2.75) is 43.9 Å². The van der Waals surface area contributed by atoms with Crippen LogP contribution in [0.5, 0.6) is 0 Å². The standard InChI is InChI=1S/C26H35N5O2S/c1-21-7-8-24(33-21)20-30-11-9-23(10-12-30)25-27-28-26(31(25)19-22-5-3-2-4-6-22)34-18-15-29-13-16-32-17-14-29/h2-8,23H,9-20H2,1H3. The number of hydrogen-bond donors (Lipinski definition) is 0. The van der Waals surface area contributed by atoms with E-state index in [0.717, 1.165) is 100 Å². The van der Waals surface area contributed by atoms with Gasteiger partial charge in [-0.1, -0.05) is 42.1 Å². The number of likely N-dealkylation sites (tertiary alicyclic amines) is 1. The summed E-state index contributed by atoms with van der Waals surface area (Å²) in [6, 6.07) is 14.8. The SMILES string of the molecule is Cc1ccc(CN2CCC(c3nnc(SCCN4CCOCC4)n3Cc3ccccc3)CC2)o1. The van der Waals surface area contributed by atoms with Gasteiger partial charge in [-0.2, -0.15) is 0 Å². The van der Waals surface area contributed by atoms with Gasteiger partial charge in [-0.3, -0.25) is 9.80 Å². The number of piperidine rings is 1. The number of benzene rings is 1. The first-order chi connectivity index (χ1) is 16.7. The molecule has 0 bridgehead atoms. The smallest absolute Gasteiger partial charge is 0.191 e.